The van der Waals surface area contributed by atoms with Gasteiger partial charge in [0.05, 0.1) is 0 Å². The van der Waals surface area contributed by atoms with Gasteiger partial charge in [0.2, 0.25) is 0 Å². The van der Waals surface area contributed by atoms with Crippen LogP contribution in [0.3, 0.4) is 0 Å². The molecular formula is C12H18O2. The third-order valence-electron chi connectivity index (χ3n) is 5.30. The molecule has 0 spiro atoms. The summed E-state index contributed by atoms with van der Waals surface area (Å²) in [5.41, 5.74) is 0. The van der Waals surface area contributed by atoms with Crippen LogP contribution in [-0.4, -0.2) is 11.1 Å². The van der Waals surface area contributed by atoms with Gasteiger partial charge in [-0.15, -0.1) is 0 Å². The van der Waals surface area contributed by atoms with E-state index in [4.69, 9.17) is 5.11 Å². The van der Waals surface area contributed by atoms with Crippen LogP contribution in [-0.2, 0) is 4.79 Å². The highest BCUT2D eigenvalue weighted by Gasteiger charge is 2.60. The Morgan fingerprint density at radius 1 is 1.36 bits per heavy atom. The SMILES string of the molecule is C[C@H]1[C@H]2CC[C@@H]3C(CC(=O)O)[C@H](C2)[C@H]13. The van der Waals surface area contributed by atoms with E-state index in [0.29, 0.717) is 12.3 Å². The van der Waals surface area contributed by atoms with E-state index < -0.39 is 5.97 Å². The minimum absolute atomic E-state index is 0.436. The highest BCUT2D eigenvalue weighted by molar-refractivity contribution is 5.67. The van der Waals surface area contributed by atoms with Gasteiger partial charge < -0.3 is 5.11 Å². The fraction of sp³-hybridized carbons (Fsp3) is 0.917. The highest BCUT2D eigenvalue weighted by atomic mass is 16.4. The van der Waals surface area contributed by atoms with Crippen molar-refractivity contribution < 1.29 is 9.90 Å². The quantitative estimate of drug-likeness (QED) is 0.732. The van der Waals surface area contributed by atoms with Crippen LogP contribution in [0.15, 0.2) is 0 Å². The molecule has 0 aromatic rings. The number of fused-ring (bicyclic) bond motifs is 1. The average molecular weight is 194 g/mol. The van der Waals surface area contributed by atoms with Gasteiger partial charge in [0.15, 0.2) is 0 Å². The van der Waals surface area contributed by atoms with E-state index in [1.807, 2.05) is 0 Å². The van der Waals surface area contributed by atoms with Crippen LogP contribution < -0.4 is 0 Å². The zero-order valence-electron chi connectivity index (χ0n) is 8.65. The number of carboxylic acid groups (broad SMARTS) is 1. The summed E-state index contributed by atoms with van der Waals surface area (Å²) >= 11 is 0. The maximum atomic E-state index is 10.7. The molecule has 3 aliphatic carbocycles. The molecule has 1 unspecified atom stereocenters. The third kappa shape index (κ3) is 0.945. The molecule has 1 N–H and O–H groups in total. The fourth-order valence-electron chi connectivity index (χ4n) is 4.75. The standard InChI is InChI=1S/C12H18O2/c1-6-7-2-3-8-9(5-11(13)14)10(4-7)12(6)8/h6-10,12H,2-5H2,1H3,(H,13,14)/t6-,7-,8+,9?,10-,12+/m0/s1. The van der Waals surface area contributed by atoms with E-state index in [-0.39, 0.29) is 0 Å². The van der Waals surface area contributed by atoms with Crippen molar-refractivity contribution in [3.05, 3.63) is 0 Å². The van der Waals surface area contributed by atoms with Crippen LogP contribution in [0.5, 0.6) is 0 Å². The van der Waals surface area contributed by atoms with E-state index in [1.165, 1.54) is 19.3 Å². The monoisotopic (exact) mass is 194 g/mol. The maximum absolute atomic E-state index is 10.7. The van der Waals surface area contributed by atoms with Crippen LogP contribution >= 0.6 is 0 Å². The summed E-state index contributed by atoms with van der Waals surface area (Å²) in [7, 11) is 0. The van der Waals surface area contributed by atoms with Crippen molar-refractivity contribution in [2.75, 3.05) is 0 Å². The topological polar surface area (TPSA) is 37.3 Å². The van der Waals surface area contributed by atoms with Crippen molar-refractivity contribution in [2.45, 2.75) is 32.6 Å². The smallest absolute Gasteiger partial charge is 0.303 e. The molecule has 2 bridgehead atoms. The molecule has 6 atom stereocenters. The summed E-state index contributed by atoms with van der Waals surface area (Å²) in [4.78, 5) is 10.7. The second kappa shape index (κ2) is 2.74. The first kappa shape index (κ1) is 8.75. The molecule has 3 fully saturated rings. The van der Waals surface area contributed by atoms with Crippen molar-refractivity contribution >= 4 is 5.97 Å². The minimum atomic E-state index is -0.587. The van der Waals surface area contributed by atoms with Gasteiger partial charge in [-0.3, -0.25) is 4.79 Å². The normalized spacial score (nSPS) is 54.1. The van der Waals surface area contributed by atoms with Gasteiger partial charge >= 0.3 is 5.97 Å². The number of rotatable bonds is 2. The molecule has 3 rings (SSSR count). The van der Waals surface area contributed by atoms with Gasteiger partial charge in [-0.1, -0.05) is 6.92 Å². The van der Waals surface area contributed by atoms with Crippen molar-refractivity contribution in [1.82, 2.24) is 0 Å². The van der Waals surface area contributed by atoms with E-state index in [2.05, 4.69) is 6.92 Å². The van der Waals surface area contributed by atoms with Crippen molar-refractivity contribution in [2.24, 2.45) is 35.5 Å². The molecule has 78 valence electrons. The van der Waals surface area contributed by atoms with Gasteiger partial charge in [-0.25, -0.2) is 0 Å². The second-order valence-corrected chi connectivity index (χ2v) is 5.60. The summed E-state index contributed by atoms with van der Waals surface area (Å²) in [6, 6.07) is 0. The van der Waals surface area contributed by atoms with E-state index in [0.717, 1.165) is 29.6 Å². The molecular weight excluding hydrogens is 176 g/mol. The first-order chi connectivity index (χ1) is 6.68. The Morgan fingerprint density at radius 3 is 2.86 bits per heavy atom. The van der Waals surface area contributed by atoms with Crippen LogP contribution in [0.4, 0.5) is 0 Å². The van der Waals surface area contributed by atoms with Gasteiger partial charge in [0, 0.05) is 6.42 Å². The van der Waals surface area contributed by atoms with Crippen molar-refractivity contribution in [3.8, 4) is 0 Å². The van der Waals surface area contributed by atoms with Crippen LogP contribution in [0, 0.1) is 35.5 Å². The highest BCUT2D eigenvalue weighted by Crippen LogP contribution is 2.66. The summed E-state index contributed by atoms with van der Waals surface area (Å²) < 4.78 is 0. The van der Waals surface area contributed by atoms with E-state index in [1.54, 1.807) is 0 Å². The lowest BCUT2D eigenvalue weighted by Crippen LogP contribution is -2.47. The zero-order valence-corrected chi connectivity index (χ0v) is 8.65. The third-order valence-corrected chi connectivity index (χ3v) is 5.30. The summed E-state index contributed by atoms with van der Waals surface area (Å²) in [5.74, 6) is 4.22. The van der Waals surface area contributed by atoms with Gasteiger partial charge in [-0.2, -0.15) is 0 Å². The molecule has 3 saturated carbocycles. The molecule has 0 amide bonds. The second-order valence-electron chi connectivity index (χ2n) is 5.60. The molecule has 3 aliphatic rings. The molecule has 0 radical (unpaired) electrons. The first-order valence-electron chi connectivity index (χ1n) is 5.90. The fourth-order valence-corrected chi connectivity index (χ4v) is 4.75. The summed E-state index contributed by atoms with van der Waals surface area (Å²) in [5, 5.41) is 8.86. The average Bonchev–Trinajstić information content (AvgIpc) is 2.31. The van der Waals surface area contributed by atoms with Crippen LogP contribution in [0.2, 0.25) is 0 Å². The Morgan fingerprint density at radius 2 is 2.14 bits per heavy atom. The van der Waals surface area contributed by atoms with Gasteiger partial charge in [0.25, 0.3) is 0 Å². The molecule has 0 saturated heterocycles. The lowest BCUT2D eigenvalue weighted by Gasteiger charge is -2.52. The molecule has 2 heteroatoms. The lowest BCUT2D eigenvalue weighted by molar-refractivity contribution is -0.143. The molecule has 0 aromatic carbocycles. The number of carboxylic acids is 1. The van der Waals surface area contributed by atoms with Crippen LogP contribution in [0.1, 0.15) is 32.6 Å². The predicted molar refractivity (Wildman–Crippen MR) is 52.7 cm³/mol. The predicted octanol–water partition coefficient (Wildman–Crippen LogP) is 2.39. The Kier molecular flexibility index (Phi) is 1.71. The summed E-state index contributed by atoms with van der Waals surface area (Å²) in [6.07, 6.45) is 4.45. The zero-order chi connectivity index (χ0) is 9.87. The number of hydrogen-bond donors (Lipinski definition) is 1. The minimum Gasteiger partial charge on any atom is -0.481 e. The first-order valence-corrected chi connectivity index (χ1v) is 5.90. The van der Waals surface area contributed by atoms with Crippen LogP contribution in [0.25, 0.3) is 0 Å². The summed E-state index contributed by atoms with van der Waals surface area (Å²) in [6.45, 7) is 2.39. The Hall–Kier alpha value is -0.530. The van der Waals surface area contributed by atoms with E-state index in [9.17, 15) is 4.79 Å². The molecule has 14 heavy (non-hydrogen) atoms. The Balaban J connectivity index is 1.78. The Labute approximate surface area is 84.7 Å². The maximum Gasteiger partial charge on any atom is 0.303 e. The van der Waals surface area contributed by atoms with E-state index >= 15 is 0 Å². The molecule has 0 aromatic heterocycles. The molecule has 2 nitrogen and oxygen atoms in total. The van der Waals surface area contributed by atoms with Crippen molar-refractivity contribution in [3.63, 3.8) is 0 Å². The van der Waals surface area contributed by atoms with Gasteiger partial charge in [0.1, 0.15) is 0 Å². The molecule has 0 aliphatic heterocycles. The largest absolute Gasteiger partial charge is 0.481 e. The number of carbonyl (C=O) groups is 1. The number of hydrogen-bond acceptors (Lipinski definition) is 1. The Bertz CT molecular complexity index is 267. The lowest BCUT2D eigenvalue weighted by atomic mass is 9.53. The molecule has 0 heterocycles. The van der Waals surface area contributed by atoms with Gasteiger partial charge in [-0.05, 0) is 54.8 Å². The number of aliphatic carboxylic acids is 1. The van der Waals surface area contributed by atoms with Crippen molar-refractivity contribution in [1.29, 1.82) is 0 Å².